The summed E-state index contributed by atoms with van der Waals surface area (Å²) in [6, 6.07) is 5.45. The van der Waals surface area contributed by atoms with Gasteiger partial charge in [0.2, 0.25) is 0 Å². The minimum Gasteiger partial charge on any atom is -0.469 e. The zero-order chi connectivity index (χ0) is 13.5. The zero-order valence-corrected chi connectivity index (χ0v) is 12.5. The highest BCUT2D eigenvalue weighted by molar-refractivity contribution is 14.1. The number of hydrogen-bond acceptors (Lipinski definition) is 4. The summed E-state index contributed by atoms with van der Waals surface area (Å²) in [5, 5.41) is 0. The van der Waals surface area contributed by atoms with E-state index < -0.39 is 0 Å². The van der Waals surface area contributed by atoms with E-state index in [1.165, 1.54) is 7.11 Å². The van der Waals surface area contributed by atoms with E-state index in [4.69, 9.17) is 4.74 Å². The van der Waals surface area contributed by atoms with Crippen LogP contribution < -0.4 is 0 Å². The van der Waals surface area contributed by atoms with Gasteiger partial charge in [0.05, 0.1) is 19.3 Å². The zero-order valence-electron chi connectivity index (χ0n) is 10.4. The van der Waals surface area contributed by atoms with Crippen LogP contribution in [0.15, 0.2) is 18.2 Å². The molecule has 0 aliphatic carbocycles. The second-order valence-corrected chi connectivity index (χ2v) is 4.84. The summed E-state index contributed by atoms with van der Waals surface area (Å²) >= 11 is 2.16. The maximum atomic E-state index is 11.8. The molecule has 0 bridgehead atoms. The number of benzene rings is 1. The van der Waals surface area contributed by atoms with Crippen molar-refractivity contribution >= 4 is 34.5 Å². The Hall–Kier alpha value is -1.11. The van der Waals surface area contributed by atoms with Gasteiger partial charge in [0.15, 0.2) is 0 Å². The smallest absolute Gasteiger partial charge is 0.338 e. The van der Waals surface area contributed by atoms with Gasteiger partial charge in [-0.3, -0.25) is 4.79 Å². The van der Waals surface area contributed by atoms with Crippen LogP contribution in [0.25, 0.3) is 0 Å². The van der Waals surface area contributed by atoms with Crippen LogP contribution in [0.4, 0.5) is 0 Å². The van der Waals surface area contributed by atoms with Gasteiger partial charge in [-0.15, -0.1) is 0 Å². The molecule has 0 N–H and O–H groups in total. The van der Waals surface area contributed by atoms with Gasteiger partial charge in [-0.1, -0.05) is 0 Å². The van der Waals surface area contributed by atoms with E-state index in [1.807, 2.05) is 12.1 Å². The molecule has 0 heterocycles. The standard InChI is InChI=1S/C13H15IO4/c1-3-18-13(16)11-6-5-10(14)8-9(11)4-7-12(15)17-2/h5-6,8H,3-4,7H2,1-2H3. The van der Waals surface area contributed by atoms with E-state index in [0.717, 1.165) is 9.13 Å². The lowest BCUT2D eigenvalue weighted by atomic mass is 10.0. The molecule has 0 spiro atoms. The fourth-order valence-corrected chi connectivity index (χ4v) is 2.07. The molecule has 0 radical (unpaired) electrons. The Labute approximate surface area is 120 Å². The highest BCUT2D eigenvalue weighted by Crippen LogP contribution is 2.17. The quantitative estimate of drug-likeness (QED) is 0.597. The van der Waals surface area contributed by atoms with Crippen LogP contribution in [-0.4, -0.2) is 25.7 Å². The topological polar surface area (TPSA) is 52.6 Å². The van der Waals surface area contributed by atoms with Crippen LogP contribution in [-0.2, 0) is 20.7 Å². The van der Waals surface area contributed by atoms with Crippen LogP contribution in [0, 0.1) is 3.57 Å². The number of rotatable bonds is 5. The third kappa shape index (κ3) is 4.29. The Bertz CT molecular complexity index is 443. The van der Waals surface area contributed by atoms with Gasteiger partial charge < -0.3 is 9.47 Å². The molecule has 0 fully saturated rings. The first-order valence-electron chi connectivity index (χ1n) is 5.60. The van der Waals surface area contributed by atoms with E-state index in [2.05, 4.69) is 27.3 Å². The predicted molar refractivity (Wildman–Crippen MR) is 75.5 cm³/mol. The van der Waals surface area contributed by atoms with Gasteiger partial charge in [0.1, 0.15) is 0 Å². The average Bonchev–Trinajstić information content (AvgIpc) is 2.36. The molecular weight excluding hydrogens is 347 g/mol. The fraction of sp³-hybridized carbons (Fsp3) is 0.385. The molecule has 1 aromatic rings. The van der Waals surface area contributed by atoms with Crippen molar-refractivity contribution < 1.29 is 19.1 Å². The van der Waals surface area contributed by atoms with E-state index in [-0.39, 0.29) is 18.4 Å². The SMILES string of the molecule is CCOC(=O)c1ccc(I)cc1CCC(=O)OC. The van der Waals surface area contributed by atoms with Crippen LogP contribution in [0.1, 0.15) is 29.3 Å². The second kappa shape index (κ2) is 7.35. The van der Waals surface area contributed by atoms with E-state index in [0.29, 0.717) is 18.6 Å². The van der Waals surface area contributed by atoms with Gasteiger partial charge in [0.25, 0.3) is 0 Å². The molecule has 0 atom stereocenters. The van der Waals surface area contributed by atoms with Gasteiger partial charge in [-0.05, 0) is 59.7 Å². The molecular formula is C13H15IO4. The lowest BCUT2D eigenvalue weighted by Crippen LogP contribution is -2.10. The summed E-state index contributed by atoms with van der Waals surface area (Å²) in [6.07, 6.45) is 0.723. The molecule has 0 aliphatic rings. The second-order valence-electron chi connectivity index (χ2n) is 3.60. The molecule has 0 unspecified atom stereocenters. The number of halogens is 1. The fourth-order valence-electron chi connectivity index (χ4n) is 1.52. The van der Waals surface area contributed by atoms with Crippen LogP contribution in [0.2, 0.25) is 0 Å². The van der Waals surface area contributed by atoms with Crippen molar-refractivity contribution in [1.82, 2.24) is 0 Å². The number of ether oxygens (including phenoxy) is 2. The minimum absolute atomic E-state index is 0.253. The summed E-state index contributed by atoms with van der Waals surface area (Å²) in [6.45, 7) is 2.10. The molecule has 0 aliphatic heterocycles. The van der Waals surface area contributed by atoms with Crippen LogP contribution in [0.3, 0.4) is 0 Å². The van der Waals surface area contributed by atoms with E-state index in [9.17, 15) is 9.59 Å². The highest BCUT2D eigenvalue weighted by Gasteiger charge is 2.14. The lowest BCUT2D eigenvalue weighted by molar-refractivity contribution is -0.140. The lowest BCUT2D eigenvalue weighted by Gasteiger charge is -2.09. The molecule has 1 rings (SSSR count). The first-order chi connectivity index (χ1) is 8.58. The number of aryl methyl sites for hydroxylation is 1. The number of hydrogen-bond donors (Lipinski definition) is 0. The molecule has 4 nitrogen and oxygen atoms in total. The predicted octanol–water partition coefficient (Wildman–Crippen LogP) is 2.57. The first kappa shape index (κ1) is 14.9. The van der Waals surface area contributed by atoms with Gasteiger partial charge in [0, 0.05) is 9.99 Å². The van der Waals surface area contributed by atoms with Crippen molar-refractivity contribution in [1.29, 1.82) is 0 Å². The van der Waals surface area contributed by atoms with E-state index in [1.54, 1.807) is 13.0 Å². The Morgan fingerprint density at radius 2 is 2.06 bits per heavy atom. The summed E-state index contributed by atoms with van der Waals surface area (Å²) < 4.78 is 10.6. The molecule has 0 amide bonds. The molecule has 18 heavy (non-hydrogen) atoms. The van der Waals surface area contributed by atoms with Gasteiger partial charge in [-0.25, -0.2) is 4.79 Å². The third-order valence-electron chi connectivity index (χ3n) is 2.39. The highest BCUT2D eigenvalue weighted by atomic mass is 127. The van der Waals surface area contributed by atoms with Crippen molar-refractivity contribution in [2.45, 2.75) is 19.8 Å². The summed E-state index contributed by atoms with van der Waals surface area (Å²) in [5.41, 5.74) is 1.33. The van der Waals surface area contributed by atoms with Crippen LogP contribution in [0.5, 0.6) is 0 Å². The van der Waals surface area contributed by atoms with Crippen LogP contribution >= 0.6 is 22.6 Å². The Balaban J connectivity index is 2.89. The molecule has 5 heteroatoms. The maximum Gasteiger partial charge on any atom is 0.338 e. The molecule has 1 aromatic carbocycles. The van der Waals surface area contributed by atoms with Crippen molar-refractivity contribution in [2.24, 2.45) is 0 Å². The normalized spacial score (nSPS) is 9.94. The van der Waals surface area contributed by atoms with Gasteiger partial charge >= 0.3 is 11.9 Å². The van der Waals surface area contributed by atoms with Gasteiger partial charge in [-0.2, -0.15) is 0 Å². The Kier molecular flexibility index (Phi) is 6.11. The molecule has 0 aromatic heterocycles. The summed E-state index contributed by atoms with van der Waals surface area (Å²) in [7, 11) is 1.35. The maximum absolute atomic E-state index is 11.8. The van der Waals surface area contributed by atoms with Crippen molar-refractivity contribution in [3.8, 4) is 0 Å². The summed E-state index contributed by atoms with van der Waals surface area (Å²) in [4.78, 5) is 22.9. The first-order valence-corrected chi connectivity index (χ1v) is 6.68. The number of carbonyl (C=O) groups excluding carboxylic acids is 2. The Morgan fingerprint density at radius 1 is 1.33 bits per heavy atom. The van der Waals surface area contributed by atoms with Crippen molar-refractivity contribution in [3.63, 3.8) is 0 Å². The number of carbonyl (C=O) groups is 2. The third-order valence-corrected chi connectivity index (χ3v) is 3.06. The summed E-state index contributed by atoms with van der Waals surface area (Å²) in [5.74, 6) is -0.641. The Morgan fingerprint density at radius 3 is 2.67 bits per heavy atom. The van der Waals surface area contributed by atoms with E-state index >= 15 is 0 Å². The average molecular weight is 362 g/mol. The molecule has 0 saturated carbocycles. The number of methoxy groups -OCH3 is 1. The number of esters is 2. The molecule has 98 valence electrons. The molecule has 0 saturated heterocycles. The van der Waals surface area contributed by atoms with Crippen molar-refractivity contribution in [3.05, 3.63) is 32.9 Å². The monoisotopic (exact) mass is 362 g/mol. The largest absolute Gasteiger partial charge is 0.469 e. The minimum atomic E-state index is -0.353. The van der Waals surface area contributed by atoms with Crippen molar-refractivity contribution in [2.75, 3.05) is 13.7 Å².